The van der Waals surface area contributed by atoms with E-state index in [1.54, 1.807) is 0 Å². The quantitative estimate of drug-likeness (QED) is 0.498. The number of nitrogens with zero attached hydrogens (tertiary/aromatic N) is 1. The van der Waals surface area contributed by atoms with E-state index in [9.17, 15) is 18.5 Å². The minimum absolute atomic E-state index is 0.187. The number of hydrogen-bond acceptors (Lipinski definition) is 4. The van der Waals surface area contributed by atoms with Crippen LogP contribution in [0.15, 0.2) is 23.1 Å². The second kappa shape index (κ2) is 5.18. The molecule has 1 fully saturated rings. The maximum Gasteiger partial charge on any atom is 0.273 e. The molecule has 0 heterocycles. The van der Waals surface area contributed by atoms with Crippen molar-refractivity contribution in [3.63, 3.8) is 0 Å². The van der Waals surface area contributed by atoms with Crippen molar-refractivity contribution in [2.24, 2.45) is 11.1 Å². The fourth-order valence-corrected chi connectivity index (χ4v) is 3.31. The minimum Gasteiger partial charge on any atom is -0.258 e. The van der Waals surface area contributed by atoms with Gasteiger partial charge in [-0.05, 0) is 31.2 Å². The lowest BCUT2D eigenvalue weighted by molar-refractivity contribution is -0.385. The molecule has 0 bridgehead atoms. The van der Waals surface area contributed by atoms with E-state index < -0.39 is 14.9 Å². The molecule has 1 saturated carbocycles. The molecule has 6 nitrogen and oxygen atoms in total. The Kier molecular flexibility index (Phi) is 3.93. The van der Waals surface area contributed by atoms with Crippen LogP contribution in [-0.4, -0.2) is 18.2 Å². The smallest absolute Gasteiger partial charge is 0.258 e. The molecule has 1 aliphatic carbocycles. The summed E-state index contributed by atoms with van der Waals surface area (Å²) in [6.07, 6.45) is 2.75. The van der Waals surface area contributed by atoms with Gasteiger partial charge < -0.3 is 0 Å². The summed E-state index contributed by atoms with van der Waals surface area (Å²) in [5, 5.41) is 16.0. The van der Waals surface area contributed by atoms with Crippen molar-refractivity contribution in [1.29, 1.82) is 0 Å². The molecule has 1 aromatic rings. The molecule has 2 N–H and O–H groups in total. The van der Waals surface area contributed by atoms with Gasteiger partial charge in [-0.1, -0.05) is 22.0 Å². The molecule has 0 radical (unpaired) electrons. The number of halogens is 1. The molecule has 2 rings (SSSR count). The summed E-state index contributed by atoms with van der Waals surface area (Å²) < 4.78 is 22.4. The molecule has 19 heavy (non-hydrogen) atoms. The Balaban J connectivity index is 2.35. The zero-order valence-corrected chi connectivity index (χ0v) is 12.4. The Morgan fingerprint density at radius 2 is 2.11 bits per heavy atom. The average Bonchev–Trinajstić information content (AvgIpc) is 3.11. The van der Waals surface area contributed by atoms with E-state index in [0.717, 1.165) is 18.9 Å². The van der Waals surface area contributed by atoms with E-state index in [2.05, 4.69) is 15.9 Å². The predicted octanol–water partition coefficient (Wildman–Crippen LogP) is 1.96. The number of alkyl halides is 1. The second-order valence-electron chi connectivity index (χ2n) is 4.65. The Labute approximate surface area is 119 Å². The van der Waals surface area contributed by atoms with Gasteiger partial charge in [0.15, 0.2) is 0 Å². The highest BCUT2D eigenvalue weighted by Gasteiger charge is 2.31. The molecule has 8 heteroatoms. The number of benzene rings is 1. The van der Waals surface area contributed by atoms with Gasteiger partial charge in [-0.15, -0.1) is 0 Å². The first-order chi connectivity index (χ1) is 8.79. The minimum atomic E-state index is -3.92. The fraction of sp³-hybridized carbons (Fsp3) is 0.455. The molecule has 104 valence electrons. The zero-order valence-electron chi connectivity index (χ0n) is 9.95. The van der Waals surface area contributed by atoms with Crippen LogP contribution in [0.3, 0.4) is 0 Å². The summed E-state index contributed by atoms with van der Waals surface area (Å²) in [4.78, 5) is 10.4. The van der Waals surface area contributed by atoms with Crippen LogP contribution in [-0.2, 0) is 16.4 Å². The van der Waals surface area contributed by atoms with Gasteiger partial charge in [0.05, 0.1) is 9.82 Å². The predicted molar refractivity (Wildman–Crippen MR) is 73.6 cm³/mol. The average molecular weight is 349 g/mol. The number of nitrogens with two attached hydrogens (primary N) is 1. The van der Waals surface area contributed by atoms with E-state index >= 15 is 0 Å². The molecule has 1 unspecified atom stereocenters. The van der Waals surface area contributed by atoms with E-state index in [4.69, 9.17) is 5.14 Å². The van der Waals surface area contributed by atoms with Crippen LogP contribution in [0.1, 0.15) is 18.4 Å². The van der Waals surface area contributed by atoms with Gasteiger partial charge in [-0.2, -0.15) is 0 Å². The van der Waals surface area contributed by atoms with E-state index in [1.807, 2.05) is 0 Å². The lowest BCUT2D eigenvalue weighted by atomic mass is 10.1. The summed E-state index contributed by atoms with van der Waals surface area (Å²) in [5.74, 6) is 0.553. The highest BCUT2D eigenvalue weighted by molar-refractivity contribution is 9.09. The lowest BCUT2D eigenvalue weighted by Gasteiger charge is -2.09. The van der Waals surface area contributed by atoms with Crippen molar-refractivity contribution in [1.82, 2.24) is 0 Å². The molecule has 0 spiro atoms. The van der Waals surface area contributed by atoms with Crippen molar-refractivity contribution >= 4 is 31.6 Å². The number of sulfonamides is 1. The van der Waals surface area contributed by atoms with Crippen LogP contribution in [0, 0.1) is 16.0 Å². The number of primary sulfonamides is 1. The van der Waals surface area contributed by atoms with Crippen LogP contribution in [0.25, 0.3) is 0 Å². The molecular formula is C11H13BrN2O4S. The Morgan fingerprint density at radius 3 is 2.58 bits per heavy atom. The molecule has 0 saturated heterocycles. The van der Waals surface area contributed by atoms with Gasteiger partial charge in [-0.3, -0.25) is 10.1 Å². The number of nitro benzene ring substituents is 1. The van der Waals surface area contributed by atoms with E-state index in [-0.39, 0.29) is 15.4 Å². The zero-order chi connectivity index (χ0) is 14.2. The van der Waals surface area contributed by atoms with Crippen molar-refractivity contribution in [2.45, 2.75) is 29.0 Å². The summed E-state index contributed by atoms with van der Waals surface area (Å²) in [5.41, 5.74) is 0.322. The van der Waals surface area contributed by atoms with Crippen molar-refractivity contribution in [3.8, 4) is 0 Å². The number of hydrogen-bond donors (Lipinski definition) is 1. The first kappa shape index (κ1) is 14.4. The van der Waals surface area contributed by atoms with E-state index in [0.29, 0.717) is 17.9 Å². The standard InChI is InChI=1S/C11H13BrN2O4S/c12-10(7-1-2-7)5-8-3-4-9(19(13,17)18)6-11(8)14(15)16/h3-4,6-7,10H,1-2,5H2,(H2,13,17,18). The van der Waals surface area contributed by atoms with Crippen molar-refractivity contribution in [3.05, 3.63) is 33.9 Å². The summed E-state index contributed by atoms with van der Waals surface area (Å²) in [6, 6.07) is 3.80. The first-order valence-electron chi connectivity index (χ1n) is 5.73. The van der Waals surface area contributed by atoms with Gasteiger partial charge in [0.1, 0.15) is 0 Å². The Hall–Kier alpha value is -0.990. The van der Waals surface area contributed by atoms with Gasteiger partial charge in [0.25, 0.3) is 5.69 Å². The topological polar surface area (TPSA) is 103 Å². The third-order valence-corrected chi connectivity index (χ3v) is 5.11. The summed E-state index contributed by atoms with van der Waals surface area (Å²) >= 11 is 3.52. The van der Waals surface area contributed by atoms with Gasteiger partial charge >= 0.3 is 0 Å². The summed E-state index contributed by atoms with van der Waals surface area (Å²) in [6.45, 7) is 0. The number of nitro groups is 1. The monoisotopic (exact) mass is 348 g/mol. The first-order valence-corrected chi connectivity index (χ1v) is 8.19. The maximum atomic E-state index is 11.2. The van der Waals surface area contributed by atoms with Crippen LogP contribution in [0.2, 0.25) is 0 Å². The third-order valence-electron chi connectivity index (χ3n) is 3.13. The molecule has 0 aliphatic heterocycles. The third kappa shape index (κ3) is 3.52. The van der Waals surface area contributed by atoms with Crippen LogP contribution >= 0.6 is 15.9 Å². The molecular weight excluding hydrogens is 336 g/mol. The Morgan fingerprint density at radius 1 is 1.47 bits per heavy atom. The fourth-order valence-electron chi connectivity index (χ4n) is 1.90. The molecule has 1 aliphatic rings. The molecule has 0 aromatic heterocycles. The maximum absolute atomic E-state index is 11.2. The van der Waals surface area contributed by atoms with Crippen molar-refractivity contribution < 1.29 is 13.3 Å². The van der Waals surface area contributed by atoms with Crippen LogP contribution in [0.5, 0.6) is 0 Å². The normalized spacial score (nSPS) is 17.2. The largest absolute Gasteiger partial charge is 0.273 e. The summed E-state index contributed by atoms with van der Waals surface area (Å²) in [7, 11) is -3.92. The van der Waals surface area contributed by atoms with Crippen LogP contribution < -0.4 is 5.14 Å². The molecule has 1 atom stereocenters. The highest BCUT2D eigenvalue weighted by Crippen LogP contribution is 2.39. The second-order valence-corrected chi connectivity index (χ2v) is 7.39. The van der Waals surface area contributed by atoms with Crippen LogP contribution in [0.4, 0.5) is 5.69 Å². The Bertz CT molecular complexity index is 613. The SMILES string of the molecule is NS(=O)(=O)c1ccc(CC(Br)C2CC2)c([N+](=O)[O-])c1. The number of rotatable bonds is 5. The van der Waals surface area contributed by atoms with Gasteiger partial charge in [0.2, 0.25) is 10.0 Å². The van der Waals surface area contributed by atoms with E-state index in [1.165, 1.54) is 12.1 Å². The lowest BCUT2D eigenvalue weighted by Crippen LogP contribution is -2.13. The van der Waals surface area contributed by atoms with Crippen molar-refractivity contribution in [2.75, 3.05) is 0 Å². The molecule has 1 aromatic carbocycles. The highest BCUT2D eigenvalue weighted by atomic mass is 79.9. The van der Waals surface area contributed by atoms with Gasteiger partial charge in [-0.25, -0.2) is 13.6 Å². The molecule has 0 amide bonds. The van der Waals surface area contributed by atoms with Gasteiger partial charge in [0, 0.05) is 16.5 Å².